The maximum atomic E-state index is 5.81. The van der Waals surface area contributed by atoms with E-state index in [-0.39, 0.29) is 0 Å². The van der Waals surface area contributed by atoms with Gasteiger partial charge in [0.1, 0.15) is 5.82 Å². The van der Waals surface area contributed by atoms with E-state index in [1.807, 2.05) is 43.6 Å². The van der Waals surface area contributed by atoms with Gasteiger partial charge in [0.15, 0.2) is 5.16 Å². The van der Waals surface area contributed by atoms with Crippen LogP contribution in [0.5, 0.6) is 0 Å². The first-order chi connectivity index (χ1) is 8.80. The molecule has 0 radical (unpaired) electrons. The monoisotopic (exact) mass is 260 g/mol. The summed E-state index contributed by atoms with van der Waals surface area (Å²) in [5.74, 6) is 0.820. The fourth-order valence-electron chi connectivity index (χ4n) is 1.81. The molecule has 4 nitrogen and oxygen atoms in total. The van der Waals surface area contributed by atoms with Crippen molar-refractivity contribution in [3.63, 3.8) is 0 Å². The van der Waals surface area contributed by atoms with Crippen LogP contribution in [0.4, 0.5) is 5.82 Å². The Morgan fingerprint density at radius 3 is 2.50 bits per heavy atom. The molecule has 0 bridgehead atoms. The molecule has 2 rings (SSSR count). The molecule has 0 fully saturated rings. The summed E-state index contributed by atoms with van der Waals surface area (Å²) < 4.78 is 0. The quantitative estimate of drug-likeness (QED) is 0.652. The standard InChI is InChI=1S/C13H16N4S/c1-15-12-11(9-6-4-3-5-7-9)10(8-14)16-13(17-12)18-2/h3-7H,8,14H2,1-2H3,(H,15,16,17). The lowest BCUT2D eigenvalue weighted by atomic mass is 10.0. The van der Waals surface area contributed by atoms with Crippen molar-refractivity contribution in [3.05, 3.63) is 36.0 Å². The van der Waals surface area contributed by atoms with Crippen LogP contribution in [-0.4, -0.2) is 23.3 Å². The minimum absolute atomic E-state index is 0.398. The van der Waals surface area contributed by atoms with Gasteiger partial charge in [0, 0.05) is 19.2 Å². The molecule has 0 aliphatic rings. The Bertz CT molecular complexity index is 503. The van der Waals surface area contributed by atoms with E-state index in [2.05, 4.69) is 15.3 Å². The number of anilines is 1. The van der Waals surface area contributed by atoms with Crippen molar-refractivity contribution in [2.75, 3.05) is 18.6 Å². The van der Waals surface area contributed by atoms with Crippen LogP contribution in [0.25, 0.3) is 11.1 Å². The molecule has 5 heteroatoms. The van der Waals surface area contributed by atoms with Gasteiger partial charge in [0.05, 0.1) is 5.69 Å². The third kappa shape index (κ3) is 2.47. The minimum atomic E-state index is 0.398. The van der Waals surface area contributed by atoms with Gasteiger partial charge in [-0.25, -0.2) is 9.97 Å². The SMILES string of the molecule is CNc1nc(SC)nc(CN)c1-c1ccccc1. The van der Waals surface area contributed by atoms with E-state index >= 15 is 0 Å². The summed E-state index contributed by atoms with van der Waals surface area (Å²) >= 11 is 1.51. The Hall–Kier alpha value is -1.59. The van der Waals surface area contributed by atoms with Crippen molar-refractivity contribution in [1.82, 2.24) is 9.97 Å². The van der Waals surface area contributed by atoms with E-state index in [9.17, 15) is 0 Å². The summed E-state index contributed by atoms with van der Waals surface area (Å²) in [4.78, 5) is 8.96. The van der Waals surface area contributed by atoms with Crippen LogP contribution >= 0.6 is 11.8 Å². The Balaban J connectivity index is 2.64. The number of nitrogens with zero attached hydrogens (tertiary/aromatic N) is 2. The largest absolute Gasteiger partial charge is 0.372 e. The molecule has 0 aliphatic heterocycles. The van der Waals surface area contributed by atoms with Crippen molar-refractivity contribution in [2.45, 2.75) is 11.7 Å². The molecule has 1 aromatic carbocycles. The van der Waals surface area contributed by atoms with Gasteiger partial charge in [0.25, 0.3) is 0 Å². The van der Waals surface area contributed by atoms with E-state index < -0.39 is 0 Å². The molecule has 18 heavy (non-hydrogen) atoms. The fraction of sp³-hybridized carbons (Fsp3) is 0.231. The average Bonchev–Trinajstić information content (AvgIpc) is 2.46. The van der Waals surface area contributed by atoms with Crippen molar-refractivity contribution < 1.29 is 0 Å². The van der Waals surface area contributed by atoms with Crippen LogP contribution in [0.1, 0.15) is 5.69 Å². The van der Waals surface area contributed by atoms with E-state index in [4.69, 9.17) is 5.73 Å². The molecule has 0 unspecified atom stereocenters. The second-order valence-corrected chi connectivity index (χ2v) is 4.47. The van der Waals surface area contributed by atoms with Gasteiger partial charge in [-0.1, -0.05) is 42.1 Å². The molecule has 0 atom stereocenters. The van der Waals surface area contributed by atoms with Crippen LogP contribution in [-0.2, 0) is 6.54 Å². The molecule has 94 valence electrons. The molecule has 1 heterocycles. The van der Waals surface area contributed by atoms with Crippen LogP contribution in [0, 0.1) is 0 Å². The average molecular weight is 260 g/mol. The lowest BCUT2D eigenvalue weighted by Gasteiger charge is -2.13. The summed E-state index contributed by atoms with van der Waals surface area (Å²) in [5.41, 5.74) is 8.74. The number of thioether (sulfide) groups is 1. The van der Waals surface area contributed by atoms with Crippen LogP contribution in [0.3, 0.4) is 0 Å². The number of nitrogens with two attached hydrogens (primary N) is 1. The maximum absolute atomic E-state index is 5.81. The second kappa shape index (κ2) is 5.84. The molecule has 2 aromatic rings. The third-order valence-corrected chi connectivity index (χ3v) is 3.19. The van der Waals surface area contributed by atoms with Crippen molar-refractivity contribution in [3.8, 4) is 11.1 Å². The van der Waals surface area contributed by atoms with E-state index in [1.165, 1.54) is 11.8 Å². The molecule has 0 spiro atoms. The van der Waals surface area contributed by atoms with Gasteiger partial charge < -0.3 is 11.1 Å². The van der Waals surface area contributed by atoms with Crippen molar-refractivity contribution in [1.29, 1.82) is 0 Å². The van der Waals surface area contributed by atoms with Gasteiger partial charge in [0.2, 0.25) is 0 Å². The first-order valence-electron chi connectivity index (χ1n) is 5.68. The molecule has 1 aromatic heterocycles. The highest BCUT2D eigenvalue weighted by Gasteiger charge is 2.13. The molecule has 0 aliphatic carbocycles. The number of aromatic nitrogens is 2. The minimum Gasteiger partial charge on any atom is -0.372 e. The van der Waals surface area contributed by atoms with Crippen LogP contribution in [0.2, 0.25) is 0 Å². The smallest absolute Gasteiger partial charge is 0.189 e. The highest BCUT2D eigenvalue weighted by Crippen LogP contribution is 2.30. The van der Waals surface area contributed by atoms with Gasteiger partial charge >= 0.3 is 0 Å². The van der Waals surface area contributed by atoms with E-state index in [1.54, 1.807) is 0 Å². The number of benzene rings is 1. The third-order valence-electron chi connectivity index (χ3n) is 2.64. The second-order valence-electron chi connectivity index (χ2n) is 3.70. The highest BCUT2D eigenvalue weighted by molar-refractivity contribution is 7.98. The highest BCUT2D eigenvalue weighted by atomic mass is 32.2. The predicted octanol–water partition coefficient (Wildman–Crippen LogP) is 2.37. The Morgan fingerprint density at radius 2 is 1.94 bits per heavy atom. The van der Waals surface area contributed by atoms with E-state index in [0.29, 0.717) is 6.54 Å². The zero-order chi connectivity index (χ0) is 13.0. The van der Waals surface area contributed by atoms with E-state index in [0.717, 1.165) is 27.8 Å². The Kier molecular flexibility index (Phi) is 4.17. The molecular formula is C13H16N4S. The number of nitrogens with one attached hydrogen (secondary N) is 1. The van der Waals surface area contributed by atoms with Gasteiger partial charge in [-0.05, 0) is 11.8 Å². The summed E-state index contributed by atoms with van der Waals surface area (Å²) in [6.07, 6.45) is 1.96. The van der Waals surface area contributed by atoms with Crippen molar-refractivity contribution >= 4 is 17.6 Å². The summed E-state index contributed by atoms with van der Waals surface area (Å²) in [7, 11) is 1.86. The summed E-state index contributed by atoms with van der Waals surface area (Å²) in [5, 5.41) is 3.86. The maximum Gasteiger partial charge on any atom is 0.189 e. The zero-order valence-corrected chi connectivity index (χ0v) is 11.3. The Morgan fingerprint density at radius 1 is 1.22 bits per heavy atom. The molecule has 0 amide bonds. The molecular weight excluding hydrogens is 244 g/mol. The lowest BCUT2D eigenvalue weighted by Crippen LogP contribution is -2.08. The first kappa shape index (κ1) is 12.9. The van der Waals surface area contributed by atoms with Gasteiger partial charge in [-0.2, -0.15) is 0 Å². The van der Waals surface area contributed by atoms with Crippen LogP contribution in [0.15, 0.2) is 35.5 Å². The van der Waals surface area contributed by atoms with Crippen LogP contribution < -0.4 is 11.1 Å². The van der Waals surface area contributed by atoms with Gasteiger partial charge in [-0.15, -0.1) is 0 Å². The summed E-state index contributed by atoms with van der Waals surface area (Å²) in [6, 6.07) is 10.1. The molecule has 0 saturated heterocycles. The molecule has 0 saturated carbocycles. The normalized spacial score (nSPS) is 10.4. The number of hydrogen-bond donors (Lipinski definition) is 2. The Labute approximate surface area is 111 Å². The van der Waals surface area contributed by atoms with Crippen molar-refractivity contribution in [2.24, 2.45) is 5.73 Å². The van der Waals surface area contributed by atoms with Gasteiger partial charge in [-0.3, -0.25) is 0 Å². The number of rotatable bonds is 4. The number of hydrogen-bond acceptors (Lipinski definition) is 5. The zero-order valence-electron chi connectivity index (χ0n) is 10.5. The first-order valence-corrected chi connectivity index (χ1v) is 6.90. The topological polar surface area (TPSA) is 63.8 Å². The summed E-state index contributed by atoms with van der Waals surface area (Å²) in [6.45, 7) is 0.398. The molecule has 3 N–H and O–H groups in total. The lowest BCUT2D eigenvalue weighted by molar-refractivity contribution is 0.883. The fourth-order valence-corrected chi connectivity index (χ4v) is 2.20. The predicted molar refractivity (Wildman–Crippen MR) is 76.7 cm³/mol.